The summed E-state index contributed by atoms with van der Waals surface area (Å²) in [5.41, 5.74) is 1.21. The van der Waals surface area contributed by atoms with Gasteiger partial charge in [0.2, 0.25) is 0 Å². The lowest BCUT2D eigenvalue weighted by Crippen LogP contribution is -2.41. The standard InChI is InChI=1S/C11H17NO2/c1-2-14-10(13)9-7-11(8-9)3-5-12-6-4-11/h7,12H,2-6,8H2,1H3. The van der Waals surface area contributed by atoms with E-state index in [4.69, 9.17) is 4.74 Å². The number of carbonyl (C=O) groups excluding carboxylic acids is 1. The number of rotatable bonds is 2. The number of piperidine rings is 1. The first-order valence-corrected chi connectivity index (χ1v) is 5.35. The minimum atomic E-state index is -0.114. The van der Waals surface area contributed by atoms with Gasteiger partial charge in [-0.05, 0) is 44.7 Å². The van der Waals surface area contributed by atoms with Gasteiger partial charge in [-0.3, -0.25) is 0 Å². The Morgan fingerprint density at radius 3 is 2.79 bits per heavy atom. The zero-order valence-corrected chi connectivity index (χ0v) is 8.64. The van der Waals surface area contributed by atoms with Gasteiger partial charge in [-0.25, -0.2) is 4.79 Å². The van der Waals surface area contributed by atoms with Crippen molar-refractivity contribution in [3.05, 3.63) is 11.6 Å². The van der Waals surface area contributed by atoms with Crippen LogP contribution in [0.5, 0.6) is 0 Å². The topological polar surface area (TPSA) is 38.3 Å². The molecule has 1 saturated heterocycles. The van der Waals surface area contributed by atoms with Gasteiger partial charge in [-0.1, -0.05) is 6.08 Å². The maximum atomic E-state index is 11.3. The number of esters is 1. The van der Waals surface area contributed by atoms with Gasteiger partial charge in [-0.15, -0.1) is 0 Å². The first kappa shape index (κ1) is 9.71. The van der Waals surface area contributed by atoms with E-state index in [-0.39, 0.29) is 5.97 Å². The number of hydrogen-bond acceptors (Lipinski definition) is 3. The van der Waals surface area contributed by atoms with Crippen LogP contribution >= 0.6 is 0 Å². The Bertz CT molecular complexity index is 264. The zero-order valence-electron chi connectivity index (χ0n) is 8.64. The molecule has 3 nitrogen and oxygen atoms in total. The summed E-state index contributed by atoms with van der Waals surface area (Å²) in [6, 6.07) is 0. The third kappa shape index (κ3) is 1.69. The molecule has 0 saturated carbocycles. The van der Waals surface area contributed by atoms with E-state index in [1.807, 2.05) is 6.92 Å². The van der Waals surface area contributed by atoms with Crippen LogP contribution in [0.15, 0.2) is 11.6 Å². The predicted molar refractivity (Wildman–Crippen MR) is 53.9 cm³/mol. The molecule has 1 aliphatic heterocycles. The fourth-order valence-electron chi connectivity index (χ4n) is 2.32. The second-order valence-electron chi connectivity index (χ2n) is 4.18. The summed E-state index contributed by atoms with van der Waals surface area (Å²) in [6.07, 6.45) is 5.38. The molecule has 1 N–H and O–H groups in total. The molecular formula is C11H17NO2. The lowest BCUT2D eigenvalue weighted by Gasteiger charge is -2.42. The number of hydrogen-bond donors (Lipinski definition) is 1. The molecule has 78 valence electrons. The van der Waals surface area contributed by atoms with Crippen molar-refractivity contribution < 1.29 is 9.53 Å². The second-order valence-corrected chi connectivity index (χ2v) is 4.18. The summed E-state index contributed by atoms with van der Waals surface area (Å²) in [7, 11) is 0. The summed E-state index contributed by atoms with van der Waals surface area (Å²) < 4.78 is 4.96. The lowest BCUT2D eigenvalue weighted by molar-refractivity contribution is -0.139. The number of allylic oxidation sites excluding steroid dienone is 1. The normalized spacial score (nSPS) is 23.9. The maximum absolute atomic E-state index is 11.3. The maximum Gasteiger partial charge on any atom is 0.333 e. The molecule has 0 aromatic heterocycles. The van der Waals surface area contributed by atoms with Crippen LogP contribution in [0.3, 0.4) is 0 Å². The van der Waals surface area contributed by atoms with Crippen molar-refractivity contribution in [2.45, 2.75) is 26.2 Å². The minimum Gasteiger partial charge on any atom is -0.463 e. The van der Waals surface area contributed by atoms with Crippen LogP contribution in [-0.2, 0) is 9.53 Å². The van der Waals surface area contributed by atoms with Crippen LogP contribution in [-0.4, -0.2) is 25.7 Å². The molecule has 0 bridgehead atoms. The van der Waals surface area contributed by atoms with Crippen molar-refractivity contribution in [3.63, 3.8) is 0 Å². The Kier molecular flexibility index (Phi) is 2.59. The van der Waals surface area contributed by atoms with Crippen LogP contribution in [0.25, 0.3) is 0 Å². The molecule has 0 atom stereocenters. The molecule has 1 fully saturated rings. The zero-order chi connectivity index (χ0) is 10.0. The largest absolute Gasteiger partial charge is 0.463 e. The Morgan fingerprint density at radius 1 is 1.57 bits per heavy atom. The quantitative estimate of drug-likeness (QED) is 0.674. The van der Waals surface area contributed by atoms with Gasteiger partial charge >= 0.3 is 5.97 Å². The third-order valence-electron chi connectivity index (χ3n) is 3.16. The average Bonchev–Trinajstić information content (AvgIpc) is 2.16. The molecule has 2 aliphatic rings. The summed E-state index contributed by atoms with van der Waals surface area (Å²) in [6.45, 7) is 4.47. The Morgan fingerprint density at radius 2 is 2.21 bits per heavy atom. The molecule has 0 aromatic carbocycles. The van der Waals surface area contributed by atoms with Gasteiger partial charge in [0, 0.05) is 5.57 Å². The minimum absolute atomic E-state index is 0.114. The van der Waals surface area contributed by atoms with E-state index >= 15 is 0 Å². The fraction of sp³-hybridized carbons (Fsp3) is 0.727. The van der Waals surface area contributed by atoms with Crippen LogP contribution in [0.2, 0.25) is 0 Å². The molecule has 14 heavy (non-hydrogen) atoms. The van der Waals surface area contributed by atoms with Crippen molar-refractivity contribution in [2.24, 2.45) is 5.41 Å². The van der Waals surface area contributed by atoms with Gasteiger partial charge in [0.1, 0.15) is 0 Å². The van der Waals surface area contributed by atoms with Gasteiger partial charge in [0.15, 0.2) is 0 Å². The molecule has 1 aliphatic carbocycles. The number of carbonyl (C=O) groups is 1. The molecule has 1 spiro atoms. The highest BCUT2D eigenvalue weighted by atomic mass is 16.5. The van der Waals surface area contributed by atoms with Crippen LogP contribution in [0, 0.1) is 5.41 Å². The van der Waals surface area contributed by atoms with E-state index in [2.05, 4.69) is 11.4 Å². The van der Waals surface area contributed by atoms with E-state index < -0.39 is 0 Å². The number of ether oxygens (including phenoxy) is 1. The van der Waals surface area contributed by atoms with Crippen LogP contribution in [0.1, 0.15) is 26.2 Å². The Hall–Kier alpha value is -0.830. The smallest absolute Gasteiger partial charge is 0.333 e. The van der Waals surface area contributed by atoms with Crippen LogP contribution < -0.4 is 5.32 Å². The second kappa shape index (κ2) is 3.73. The first-order valence-electron chi connectivity index (χ1n) is 5.35. The van der Waals surface area contributed by atoms with Gasteiger partial charge < -0.3 is 10.1 Å². The Balaban J connectivity index is 1.94. The molecular weight excluding hydrogens is 178 g/mol. The number of nitrogens with one attached hydrogen (secondary N) is 1. The fourth-order valence-corrected chi connectivity index (χ4v) is 2.32. The van der Waals surface area contributed by atoms with E-state index in [0.29, 0.717) is 12.0 Å². The summed E-state index contributed by atoms with van der Waals surface area (Å²) in [5, 5.41) is 3.33. The van der Waals surface area contributed by atoms with Gasteiger partial charge in [0.25, 0.3) is 0 Å². The molecule has 3 heteroatoms. The Labute approximate surface area is 84.5 Å². The van der Waals surface area contributed by atoms with Crippen molar-refractivity contribution in [1.82, 2.24) is 5.32 Å². The van der Waals surface area contributed by atoms with Crippen molar-refractivity contribution >= 4 is 5.97 Å². The highest BCUT2D eigenvalue weighted by Crippen LogP contribution is 2.46. The molecule has 0 radical (unpaired) electrons. The SMILES string of the molecule is CCOC(=O)C1=CC2(CCNCC2)C1. The predicted octanol–water partition coefficient (Wildman–Crippen LogP) is 1.25. The van der Waals surface area contributed by atoms with Crippen LogP contribution in [0.4, 0.5) is 0 Å². The lowest BCUT2D eigenvalue weighted by atomic mass is 9.65. The summed E-state index contributed by atoms with van der Waals surface area (Å²) in [5.74, 6) is -0.114. The molecule has 0 unspecified atom stereocenters. The van der Waals surface area contributed by atoms with E-state index in [0.717, 1.165) is 37.9 Å². The highest BCUT2D eigenvalue weighted by molar-refractivity contribution is 5.90. The highest BCUT2D eigenvalue weighted by Gasteiger charge is 2.40. The monoisotopic (exact) mass is 195 g/mol. The molecule has 2 rings (SSSR count). The molecule has 0 amide bonds. The summed E-state index contributed by atoms with van der Waals surface area (Å²) in [4.78, 5) is 11.3. The van der Waals surface area contributed by atoms with Crippen molar-refractivity contribution in [3.8, 4) is 0 Å². The van der Waals surface area contributed by atoms with Gasteiger partial charge in [-0.2, -0.15) is 0 Å². The van der Waals surface area contributed by atoms with E-state index in [9.17, 15) is 4.79 Å². The van der Waals surface area contributed by atoms with E-state index in [1.165, 1.54) is 0 Å². The first-order chi connectivity index (χ1) is 6.76. The molecule has 0 aromatic rings. The van der Waals surface area contributed by atoms with Crippen molar-refractivity contribution in [1.29, 1.82) is 0 Å². The van der Waals surface area contributed by atoms with E-state index in [1.54, 1.807) is 0 Å². The van der Waals surface area contributed by atoms with Gasteiger partial charge in [0.05, 0.1) is 6.61 Å². The third-order valence-corrected chi connectivity index (χ3v) is 3.16. The average molecular weight is 195 g/mol. The molecule has 1 heterocycles. The van der Waals surface area contributed by atoms with Crippen molar-refractivity contribution in [2.75, 3.05) is 19.7 Å². The summed E-state index contributed by atoms with van der Waals surface area (Å²) >= 11 is 0.